The van der Waals surface area contributed by atoms with E-state index in [0.717, 1.165) is 22.4 Å². The Morgan fingerprint density at radius 1 is 1.00 bits per heavy atom. The van der Waals surface area contributed by atoms with Gasteiger partial charge in [-0.2, -0.15) is 0 Å². The topological polar surface area (TPSA) is 76.7 Å². The van der Waals surface area contributed by atoms with Gasteiger partial charge in [-0.15, -0.1) is 0 Å². The molecule has 0 radical (unpaired) electrons. The van der Waals surface area contributed by atoms with Crippen LogP contribution in [0.2, 0.25) is 0 Å². The highest BCUT2D eigenvalue weighted by Gasteiger charge is 2.16. The zero-order valence-electron chi connectivity index (χ0n) is 16.2. The molecule has 0 saturated carbocycles. The maximum atomic E-state index is 12.1. The van der Waals surface area contributed by atoms with Crippen molar-refractivity contribution >= 4 is 11.8 Å². The van der Waals surface area contributed by atoms with E-state index in [9.17, 15) is 9.59 Å². The van der Waals surface area contributed by atoms with E-state index < -0.39 is 12.0 Å². The Morgan fingerprint density at radius 3 is 2.33 bits per heavy atom. The fourth-order valence-electron chi connectivity index (χ4n) is 2.48. The number of nitrogens with one attached hydrogen (secondary N) is 2. The molecule has 2 amide bonds. The van der Waals surface area contributed by atoms with Gasteiger partial charge in [-0.05, 0) is 63.1 Å². The Labute approximate surface area is 159 Å². The lowest BCUT2D eigenvalue weighted by Crippen LogP contribution is -2.47. The van der Waals surface area contributed by atoms with Crippen molar-refractivity contribution < 1.29 is 19.1 Å². The fraction of sp³-hybridized carbons (Fsp3) is 0.333. The lowest BCUT2D eigenvalue weighted by Gasteiger charge is -2.16. The predicted octanol–water partition coefficient (Wildman–Crippen LogP) is 2.86. The van der Waals surface area contributed by atoms with Gasteiger partial charge in [0.2, 0.25) is 5.91 Å². The number of aryl methyl sites for hydroxylation is 2. The molecule has 0 aromatic heterocycles. The summed E-state index contributed by atoms with van der Waals surface area (Å²) in [5.41, 5.74) is 7.89. The lowest BCUT2D eigenvalue weighted by atomic mass is 10.0. The molecule has 0 saturated heterocycles. The second-order valence-corrected chi connectivity index (χ2v) is 6.31. The number of amides is 2. The van der Waals surface area contributed by atoms with Gasteiger partial charge in [-0.1, -0.05) is 23.8 Å². The van der Waals surface area contributed by atoms with E-state index in [4.69, 9.17) is 9.47 Å². The van der Waals surface area contributed by atoms with Crippen LogP contribution in [0.3, 0.4) is 0 Å². The van der Waals surface area contributed by atoms with Gasteiger partial charge in [-0.3, -0.25) is 20.4 Å². The minimum absolute atomic E-state index is 0.196. The second-order valence-electron chi connectivity index (χ2n) is 6.31. The van der Waals surface area contributed by atoms with E-state index in [2.05, 4.69) is 10.9 Å². The number of benzene rings is 2. The van der Waals surface area contributed by atoms with Crippen LogP contribution in [0.5, 0.6) is 11.5 Å². The molecule has 1 unspecified atom stereocenters. The highest BCUT2D eigenvalue weighted by Crippen LogP contribution is 2.18. The lowest BCUT2D eigenvalue weighted by molar-refractivity contribution is -0.132. The Kier molecular flexibility index (Phi) is 7.23. The Morgan fingerprint density at radius 2 is 1.67 bits per heavy atom. The number of rotatable bonds is 7. The van der Waals surface area contributed by atoms with Crippen molar-refractivity contribution in [2.75, 3.05) is 6.61 Å². The quantitative estimate of drug-likeness (QED) is 0.735. The fourth-order valence-corrected chi connectivity index (χ4v) is 2.48. The Balaban J connectivity index is 1.81. The maximum absolute atomic E-state index is 12.1. The van der Waals surface area contributed by atoms with E-state index in [1.165, 1.54) is 0 Å². The monoisotopic (exact) mass is 370 g/mol. The van der Waals surface area contributed by atoms with E-state index >= 15 is 0 Å². The first-order chi connectivity index (χ1) is 12.9. The van der Waals surface area contributed by atoms with Crippen LogP contribution >= 0.6 is 0 Å². The summed E-state index contributed by atoms with van der Waals surface area (Å²) in [6, 6.07) is 12.9. The zero-order chi connectivity index (χ0) is 19.8. The Hall–Kier alpha value is -3.02. The van der Waals surface area contributed by atoms with Crippen LogP contribution in [0.25, 0.3) is 0 Å². The van der Waals surface area contributed by atoms with Crippen molar-refractivity contribution in [1.82, 2.24) is 10.9 Å². The molecule has 27 heavy (non-hydrogen) atoms. The van der Waals surface area contributed by atoms with Crippen LogP contribution in [0.1, 0.15) is 30.5 Å². The summed E-state index contributed by atoms with van der Waals surface area (Å²) in [5, 5.41) is 0. The smallest absolute Gasteiger partial charge is 0.279 e. The normalized spacial score (nSPS) is 11.4. The minimum Gasteiger partial charge on any atom is -0.494 e. The van der Waals surface area contributed by atoms with Gasteiger partial charge in [-0.25, -0.2) is 0 Å². The second kappa shape index (κ2) is 9.62. The third-order valence-electron chi connectivity index (χ3n) is 4.00. The molecule has 1 atom stereocenters. The van der Waals surface area contributed by atoms with Crippen molar-refractivity contribution in [2.24, 2.45) is 0 Å². The van der Waals surface area contributed by atoms with Crippen molar-refractivity contribution in [3.05, 3.63) is 59.2 Å². The van der Waals surface area contributed by atoms with E-state index in [1.807, 2.05) is 39.0 Å². The summed E-state index contributed by atoms with van der Waals surface area (Å²) in [4.78, 5) is 24.2. The number of ether oxygens (including phenoxy) is 2. The summed E-state index contributed by atoms with van der Waals surface area (Å²) in [5.74, 6) is 0.562. The van der Waals surface area contributed by atoms with Crippen LogP contribution < -0.4 is 20.3 Å². The van der Waals surface area contributed by atoms with Crippen LogP contribution in [0.15, 0.2) is 42.5 Å². The molecular weight excluding hydrogens is 344 g/mol. The Bertz CT molecular complexity index is 787. The molecule has 0 aliphatic carbocycles. The highest BCUT2D eigenvalue weighted by molar-refractivity contribution is 5.85. The predicted molar refractivity (Wildman–Crippen MR) is 104 cm³/mol. The van der Waals surface area contributed by atoms with Crippen LogP contribution in [-0.4, -0.2) is 24.5 Å². The van der Waals surface area contributed by atoms with Gasteiger partial charge < -0.3 is 9.47 Å². The van der Waals surface area contributed by atoms with E-state index in [0.29, 0.717) is 12.4 Å². The molecule has 2 rings (SSSR count). The van der Waals surface area contributed by atoms with Gasteiger partial charge in [0, 0.05) is 0 Å². The van der Waals surface area contributed by atoms with E-state index in [-0.39, 0.29) is 12.3 Å². The molecule has 0 heterocycles. The summed E-state index contributed by atoms with van der Waals surface area (Å²) in [6.45, 7) is 8.03. The molecular formula is C21H26N2O4. The first kappa shape index (κ1) is 20.3. The van der Waals surface area contributed by atoms with Crippen molar-refractivity contribution in [3.8, 4) is 11.5 Å². The third kappa shape index (κ3) is 6.33. The molecule has 0 fully saturated rings. The van der Waals surface area contributed by atoms with Gasteiger partial charge in [0.05, 0.1) is 13.0 Å². The summed E-state index contributed by atoms with van der Waals surface area (Å²) in [7, 11) is 0. The minimum atomic E-state index is -0.760. The summed E-state index contributed by atoms with van der Waals surface area (Å²) >= 11 is 0. The van der Waals surface area contributed by atoms with Gasteiger partial charge in [0.15, 0.2) is 6.10 Å². The standard InChI is InChI=1S/C21H26N2O4/c1-5-26-18-8-10-19(11-9-18)27-16(4)21(25)23-22-20(24)13-17-12-14(2)6-7-15(17)3/h6-12,16H,5,13H2,1-4H3,(H,22,24)(H,23,25). The largest absolute Gasteiger partial charge is 0.494 e. The van der Waals surface area contributed by atoms with Crippen LogP contribution in [0.4, 0.5) is 0 Å². The molecule has 2 aromatic carbocycles. The van der Waals surface area contributed by atoms with E-state index in [1.54, 1.807) is 31.2 Å². The highest BCUT2D eigenvalue weighted by atomic mass is 16.5. The van der Waals surface area contributed by atoms with Gasteiger partial charge >= 0.3 is 0 Å². The molecule has 0 bridgehead atoms. The number of carbonyl (C=O) groups excluding carboxylic acids is 2. The third-order valence-corrected chi connectivity index (χ3v) is 4.00. The average Bonchev–Trinajstić information content (AvgIpc) is 2.64. The van der Waals surface area contributed by atoms with Crippen LogP contribution in [-0.2, 0) is 16.0 Å². The molecule has 144 valence electrons. The number of hydrogen-bond acceptors (Lipinski definition) is 4. The number of hydrazine groups is 1. The van der Waals surface area contributed by atoms with Gasteiger partial charge in [0.25, 0.3) is 5.91 Å². The van der Waals surface area contributed by atoms with Gasteiger partial charge in [0.1, 0.15) is 11.5 Å². The first-order valence-electron chi connectivity index (χ1n) is 8.93. The zero-order valence-corrected chi connectivity index (χ0v) is 16.2. The molecule has 0 aliphatic heterocycles. The van der Waals surface area contributed by atoms with Crippen molar-refractivity contribution in [3.63, 3.8) is 0 Å². The molecule has 6 heteroatoms. The summed E-state index contributed by atoms with van der Waals surface area (Å²) < 4.78 is 10.9. The average molecular weight is 370 g/mol. The molecule has 2 aromatic rings. The maximum Gasteiger partial charge on any atom is 0.279 e. The SMILES string of the molecule is CCOc1ccc(OC(C)C(=O)NNC(=O)Cc2cc(C)ccc2C)cc1. The number of hydrogen-bond donors (Lipinski definition) is 2. The van der Waals surface area contributed by atoms with Crippen molar-refractivity contribution in [2.45, 2.75) is 40.2 Å². The molecule has 2 N–H and O–H groups in total. The molecule has 6 nitrogen and oxygen atoms in total. The van der Waals surface area contributed by atoms with Crippen LogP contribution in [0, 0.1) is 13.8 Å². The first-order valence-corrected chi connectivity index (χ1v) is 8.93. The molecule has 0 aliphatic rings. The molecule has 0 spiro atoms. The summed E-state index contributed by atoms with van der Waals surface area (Å²) in [6.07, 6.45) is -0.564. The van der Waals surface area contributed by atoms with Crippen molar-refractivity contribution in [1.29, 1.82) is 0 Å². The number of carbonyl (C=O) groups is 2.